The molecule has 0 aliphatic carbocycles. The number of aliphatic carboxylic acids is 1. The fourth-order valence-electron chi connectivity index (χ4n) is 2.14. The molecule has 0 bridgehead atoms. The fraction of sp³-hybridized carbons (Fsp3) is 0.412. The molecule has 0 radical (unpaired) electrons. The van der Waals surface area contributed by atoms with Crippen LogP contribution in [-0.2, 0) is 9.59 Å². The van der Waals surface area contributed by atoms with Crippen molar-refractivity contribution in [2.75, 3.05) is 0 Å². The van der Waals surface area contributed by atoms with Gasteiger partial charge >= 0.3 is 5.97 Å². The predicted octanol–water partition coefficient (Wildman–Crippen LogP) is 3.40. The Morgan fingerprint density at radius 1 is 1.19 bits per heavy atom. The normalized spacial score (nSPS) is 12.6. The van der Waals surface area contributed by atoms with E-state index in [9.17, 15) is 9.59 Å². The lowest BCUT2D eigenvalue weighted by molar-refractivity contribution is -0.131. The molecule has 1 aromatic carbocycles. The van der Waals surface area contributed by atoms with Crippen LogP contribution in [0.1, 0.15) is 50.8 Å². The number of nitrogens with one attached hydrogen (secondary N) is 1. The summed E-state index contributed by atoms with van der Waals surface area (Å²) in [5, 5.41) is 11.6. The third-order valence-electron chi connectivity index (χ3n) is 3.57. The first-order chi connectivity index (χ1) is 9.97. The van der Waals surface area contributed by atoms with E-state index in [4.69, 9.17) is 5.11 Å². The first kappa shape index (κ1) is 17.0. The van der Waals surface area contributed by atoms with Gasteiger partial charge in [-0.05, 0) is 37.0 Å². The maximum Gasteiger partial charge on any atom is 0.328 e. The van der Waals surface area contributed by atoms with E-state index in [0.29, 0.717) is 0 Å². The van der Waals surface area contributed by atoms with Gasteiger partial charge in [-0.25, -0.2) is 4.79 Å². The van der Waals surface area contributed by atoms with Crippen molar-refractivity contribution in [1.29, 1.82) is 0 Å². The molecule has 114 valence electrons. The van der Waals surface area contributed by atoms with Crippen molar-refractivity contribution in [1.82, 2.24) is 5.32 Å². The molecule has 0 saturated carbocycles. The number of benzene rings is 1. The third-order valence-corrected chi connectivity index (χ3v) is 3.57. The van der Waals surface area contributed by atoms with Crippen LogP contribution in [0, 0.1) is 5.92 Å². The van der Waals surface area contributed by atoms with E-state index in [1.807, 2.05) is 45.0 Å². The molecular weight excluding hydrogens is 266 g/mol. The summed E-state index contributed by atoms with van der Waals surface area (Å²) in [6.07, 6.45) is 4.33. The summed E-state index contributed by atoms with van der Waals surface area (Å²) in [5.74, 6) is -0.822. The molecule has 1 amide bonds. The van der Waals surface area contributed by atoms with Crippen LogP contribution in [-0.4, -0.2) is 17.0 Å². The molecule has 0 aliphatic heterocycles. The van der Waals surface area contributed by atoms with Crippen LogP contribution in [0.15, 0.2) is 30.3 Å². The first-order valence-electron chi connectivity index (χ1n) is 7.29. The number of carbonyl (C=O) groups excluding carboxylic acids is 1. The van der Waals surface area contributed by atoms with Crippen LogP contribution >= 0.6 is 0 Å². The molecule has 0 spiro atoms. The molecular formula is C17H23NO3. The number of hydrogen-bond acceptors (Lipinski definition) is 2. The van der Waals surface area contributed by atoms with Crippen molar-refractivity contribution < 1.29 is 14.7 Å². The highest BCUT2D eigenvalue weighted by atomic mass is 16.4. The van der Waals surface area contributed by atoms with Crippen molar-refractivity contribution in [2.45, 2.75) is 39.7 Å². The lowest BCUT2D eigenvalue weighted by atomic mass is 10.0. The molecule has 0 fully saturated rings. The fourth-order valence-corrected chi connectivity index (χ4v) is 2.14. The minimum Gasteiger partial charge on any atom is -0.478 e. The summed E-state index contributed by atoms with van der Waals surface area (Å²) in [7, 11) is 0. The van der Waals surface area contributed by atoms with Crippen LogP contribution in [0.5, 0.6) is 0 Å². The monoisotopic (exact) mass is 289 g/mol. The second-order valence-electron chi connectivity index (χ2n) is 5.08. The molecule has 4 heteroatoms. The van der Waals surface area contributed by atoms with Crippen LogP contribution in [0.4, 0.5) is 0 Å². The van der Waals surface area contributed by atoms with Gasteiger partial charge in [0.25, 0.3) is 0 Å². The molecule has 1 atom stereocenters. The molecule has 4 nitrogen and oxygen atoms in total. The van der Waals surface area contributed by atoms with Gasteiger partial charge in [0.2, 0.25) is 5.91 Å². The van der Waals surface area contributed by atoms with E-state index in [0.717, 1.165) is 30.0 Å². The number of hydrogen-bond donors (Lipinski definition) is 2. The standard InChI is InChI=1S/C17H23NO3/c1-4-14(5-2)17(21)18-12(3)15-9-6-13(7-10-15)8-11-16(19)20/h6-12,14H,4-5H2,1-3H3,(H,18,21)(H,19,20). The van der Waals surface area contributed by atoms with Crippen LogP contribution in [0.25, 0.3) is 6.08 Å². The predicted molar refractivity (Wildman–Crippen MR) is 83.7 cm³/mol. The van der Waals surface area contributed by atoms with Gasteiger partial charge in [-0.1, -0.05) is 38.1 Å². The zero-order valence-electron chi connectivity index (χ0n) is 12.8. The minimum atomic E-state index is -0.968. The Bertz CT molecular complexity index is 501. The van der Waals surface area contributed by atoms with E-state index in [-0.39, 0.29) is 17.9 Å². The molecule has 1 unspecified atom stereocenters. The van der Waals surface area contributed by atoms with Crippen molar-refractivity contribution in [2.24, 2.45) is 5.92 Å². The van der Waals surface area contributed by atoms with Crippen LogP contribution in [0.2, 0.25) is 0 Å². The Morgan fingerprint density at radius 3 is 2.24 bits per heavy atom. The number of amides is 1. The van der Waals surface area contributed by atoms with Gasteiger partial charge < -0.3 is 10.4 Å². The topological polar surface area (TPSA) is 66.4 Å². The summed E-state index contributed by atoms with van der Waals surface area (Å²) < 4.78 is 0. The summed E-state index contributed by atoms with van der Waals surface area (Å²) >= 11 is 0. The Kier molecular flexibility index (Phi) is 6.66. The second kappa shape index (κ2) is 8.25. The van der Waals surface area contributed by atoms with Gasteiger partial charge in [0.15, 0.2) is 0 Å². The minimum absolute atomic E-state index is 0.0596. The van der Waals surface area contributed by atoms with Gasteiger partial charge in [0.1, 0.15) is 0 Å². The molecule has 0 aromatic heterocycles. The third kappa shape index (κ3) is 5.42. The van der Waals surface area contributed by atoms with Gasteiger partial charge in [0.05, 0.1) is 6.04 Å². The highest BCUT2D eigenvalue weighted by molar-refractivity contribution is 5.85. The SMILES string of the molecule is CCC(CC)C(=O)NC(C)c1ccc(C=CC(=O)O)cc1. The van der Waals surface area contributed by atoms with E-state index in [2.05, 4.69) is 5.32 Å². The Balaban J connectivity index is 2.69. The van der Waals surface area contributed by atoms with Gasteiger partial charge in [-0.15, -0.1) is 0 Å². The highest BCUT2D eigenvalue weighted by Gasteiger charge is 2.16. The lowest BCUT2D eigenvalue weighted by Gasteiger charge is -2.18. The largest absolute Gasteiger partial charge is 0.478 e. The number of carboxylic acid groups (broad SMARTS) is 1. The number of carbonyl (C=O) groups is 2. The Hall–Kier alpha value is -2.10. The summed E-state index contributed by atoms with van der Waals surface area (Å²) in [5.41, 5.74) is 1.82. The van der Waals surface area contributed by atoms with Crippen LogP contribution < -0.4 is 5.32 Å². The molecule has 0 heterocycles. The Morgan fingerprint density at radius 2 is 1.76 bits per heavy atom. The maximum atomic E-state index is 12.0. The molecule has 1 aromatic rings. The average molecular weight is 289 g/mol. The van der Waals surface area contributed by atoms with Crippen LogP contribution in [0.3, 0.4) is 0 Å². The second-order valence-corrected chi connectivity index (χ2v) is 5.08. The van der Waals surface area contributed by atoms with E-state index in [1.165, 1.54) is 0 Å². The molecule has 21 heavy (non-hydrogen) atoms. The van der Waals surface area contributed by atoms with Gasteiger partial charge in [-0.3, -0.25) is 4.79 Å². The summed E-state index contributed by atoms with van der Waals surface area (Å²) in [4.78, 5) is 22.5. The maximum absolute atomic E-state index is 12.0. The summed E-state index contributed by atoms with van der Waals surface area (Å²) in [6.45, 7) is 5.98. The van der Waals surface area contributed by atoms with E-state index in [1.54, 1.807) is 6.08 Å². The average Bonchev–Trinajstić information content (AvgIpc) is 2.46. The van der Waals surface area contributed by atoms with Crippen molar-refractivity contribution >= 4 is 18.0 Å². The molecule has 0 saturated heterocycles. The molecule has 0 aliphatic rings. The number of rotatable bonds is 7. The van der Waals surface area contributed by atoms with Gasteiger partial charge in [0, 0.05) is 12.0 Å². The van der Waals surface area contributed by atoms with E-state index < -0.39 is 5.97 Å². The van der Waals surface area contributed by atoms with Crippen molar-refractivity contribution in [3.8, 4) is 0 Å². The van der Waals surface area contributed by atoms with Crippen molar-refractivity contribution in [3.63, 3.8) is 0 Å². The molecule has 1 rings (SSSR count). The molecule has 2 N–H and O–H groups in total. The Labute approximate surface area is 125 Å². The quantitative estimate of drug-likeness (QED) is 0.756. The summed E-state index contributed by atoms with van der Waals surface area (Å²) in [6, 6.07) is 7.43. The lowest BCUT2D eigenvalue weighted by Crippen LogP contribution is -2.32. The zero-order chi connectivity index (χ0) is 15.8. The van der Waals surface area contributed by atoms with Crippen molar-refractivity contribution in [3.05, 3.63) is 41.5 Å². The number of carboxylic acids is 1. The zero-order valence-corrected chi connectivity index (χ0v) is 12.8. The van der Waals surface area contributed by atoms with E-state index >= 15 is 0 Å². The first-order valence-corrected chi connectivity index (χ1v) is 7.29. The highest BCUT2D eigenvalue weighted by Crippen LogP contribution is 2.16. The smallest absolute Gasteiger partial charge is 0.328 e. The van der Waals surface area contributed by atoms with Gasteiger partial charge in [-0.2, -0.15) is 0 Å².